The predicted molar refractivity (Wildman–Crippen MR) is 83.9 cm³/mol. The summed E-state index contributed by atoms with van der Waals surface area (Å²) < 4.78 is 0. The van der Waals surface area contributed by atoms with Crippen LogP contribution in [0.1, 0.15) is 25.0 Å². The van der Waals surface area contributed by atoms with Crippen LogP contribution in [0.15, 0.2) is 54.6 Å². The summed E-state index contributed by atoms with van der Waals surface area (Å²) in [7, 11) is 0. The summed E-state index contributed by atoms with van der Waals surface area (Å²) in [6.45, 7) is 3.81. The minimum Gasteiger partial charge on any atom is -0.325 e. The summed E-state index contributed by atoms with van der Waals surface area (Å²) >= 11 is 0. The maximum absolute atomic E-state index is 12.5. The van der Waals surface area contributed by atoms with Gasteiger partial charge in [-0.25, -0.2) is 0 Å². The minimum atomic E-state index is -0.605. The zero-order chi connectivity index (χ0) is 15.3. The van der Waals surface area contributed by atoms with Crippen LogP contribution in [-0.2, 0) is 16.6 Å². The fourth-order valence-electron chi connectivity index (χ4n) is 2.07. The van der Waals surface area contributed by atoms with E-state index in [9.17, 15) is 4.79 Å². The van der Waals surface area contributed by atoms with Gasteiger partial charge >= 0.3 is 0 Å². The van der Waals surface area contributed by atoms with E-state index in [0.717, 1.165) is 16.8 Å². The van der Waals surface area contributed by atoms with Gasteiger partial charge < -0.3 is 5.32 Å². The fourth-order valence-corrected chi connectivity index (χ4v) is 2.07. The lowest BCUT2D eigenvalue weighted by atomic mass is 9.83. The molecule has 1 N–H and O–H groups in total. The normalized spacial score (nSPS) is 10.7. The molecule has 0 spiro atoms. The van der Waals surface area contributed by atoms with E-state index in [1.807, 2.05) is 68.4 Å². The Morgan fingerprint density at radius 3 is 2.29 bits per heavy atom. The molecular formula is C18H18N2O. The molecule has 106 valence electrons. The van der Waals surface area contributed by atoms with Gasteiger partial charge in [-0.3, -0.25) is 4.79 Å². The van der Waals surface area contributed by atoms with Crippen molar-refractivity contribution in [1.82, 2.24) is 0 Å². The van der Waals surface area contributed by atoms with E-state index in [2.05, 4.69) is 11.4 Å². The molecule has 0 heterocycles. The van der Waals surface area contributed by atoms with Crippen molar-refractivity contribution in [2.24, 2.45) is 0 Å². The molecule has 21 heavy (non-hydrogen) atoms. The van der Waals surface area contributed by atoms with Crippen LogP contribution in [0.4, 0.5) is 5.69 Å². The Hall–Kier alpha value is -2.60. The third-order valence-corrected chi connectivity index (χ3v) is 3.56. The Kier molecular flexibility index (Phi) is 4.39. The van der Waals surface area contributed by atoms with Gasteiger partial charge in [0.1, 0.15) is 0 Å². The summed E-state index contributed by atoms with van der Waals surface area (Å²) in [5.41, 5.74) is 2.05. The van der Waals surface area contributed by atoms with Crippen LogP contribution < -0.4 is 5.32 Å². The average Bonchev–Trinajstić information content (AvgIpc) is 2.50. The number of nitriles is 1. The van der Waals surface area contributed by atoms with Crippen LogP contribution in [0.2, 0.25) is 0 Å². The van der Waals surface area contributed by atoms with Crippen LogP contribution in [0, 0.1) is 11.3 Å². The van der Waals surface area contributed by atoms with Gasteiger partial charge in [0.2, 0.25) is 5.91 Å². The van der Waals surface area contributed by atoms with Gasteiger partial charge in [0.05, 0.1) is 17.9 Å². The summed E-state index contributed by atoms with van der Waals surface area (Å²) in [6.07, 6.45) is 0.379. The first-order chi connectivity index (χ1) is 10.0. The van der Waals surface area contributed by atoms with Crippen LogP contribution >= 0.6 is 0 Å². The molecule has 0 aromatic heterocycles. The van der Waals surface area contributed by atoms with Crippen LogP contribution in [0.25, 0.3) is 0 Å². The number of nitrogens with zero attached hydrogens (tertiary/aromatic N) is 1. The number of hydrogen-bond acceptors (Lipinski definition) is 2. The van der Waals surface area contributed by atoms with E-state index in [0.29, 0.717) is 6.42 Å². The molecule has 3 heteroatoms. The molecule has 2 rings (SSSR count). The summed E-state index contributed by atoms with van der Waals surface area (Å²) in [4.78, 5) is 12.5. The van der Waals surface area contributed by atoms with E-state index >= 15 is 0 Å². The summed E-state index contributed by atoms with van der Waals surface area (Å²) in [5, 5.41) is 11.6. The second-order valence-electron chi connectivity index (χ2n) is 5.48. The van der Waals surface area contributed by atoms with Crippen molar-refractivity contribution in [3.63, 3.8) is 0 Å². The zero-order valence-electron chi connectivity index (χ0n) is 12.3. The molecule has 1 amide bonds. The van der Waals surface area contributed by atoms with Gasteiger partial charge in [0.25, 0.3) is 0 Å². The third kappa shape index (κ3) is 3.49. The van der Waals surface area contributed by atoms with Crippen molar-refractivity contribution in [3.8, 4) is 6.07 Å². The largest absolute Gasteiger partial charge is 0.325 e. The van der Waals surface area contributed by atoms with E-state index in [-0.39, 0.29) is 5.91 Å². The Morgan fingerprint density at radius 2 is 1.71 bits per heavy atom. The quantitative estimate of drug-likeness (QED) is 0.927. The Bertz CT molecular complexity index is 652. The standard InChI is InChI=1S/C18H18N2O/c1-18(2,15-6-4-3-5-7-15)17(21)20-16-10-8-14(9-11-16)12-13-19/h3-11H,12H2,1-2H3,(H,20,21). The lowest BCUT2D eigenvalue weighted by Gasteiger charge is -2.24. The average molecular weight is 278 g/mol. The highest BCUT2D eigenvalue weighted by atomic mass is 16.2. The molecule has 0 saturated heterocycles. The van der Waals surface area contributed by atoms with Gasteiger partial charge in [-0.1, -0.05) is 42.5 Å². The molecule has 0 aliphatic heterocycles. The van der Waals surface area contributed by atoms with E-state index < -0.39 is 5.41 Å². The Morgan fingerprint density at radius 1 is 1.10 bits per heavy atom. The SMILES string of the molecule is CC(C)(C(=O)Nc1ccc(CC#N)cc1)c1ccccc1. The van der Waals surface area contributed by atoms with E-state index in [1.54, 1.807) is 0 Å². The molecule has 3 nitrogen and oxygen atoms in total. The molecule has 2 aromatic carbocycles. The predicted octanol–water partition coefficient (Wildman–Crippen LogP) is 3.67. The number of carbonyl (C=O) groups is 1. The molecule has 0 saturated carbocycles. The Labute approximate surface area is 125 Å². The molecule has 0 aliphatic carbocycles. The number of amides is 1. The number of carbonyl (C=O) groups excluding carboxylic acids is 1. The van der Waals surface area contributed by atoms with Crippen molar-refractivity contribution in [2.45, 2.75) is 25.7 Å². The maximum atomic E-state index is 12.5. The molecular weight excluding hydrogens is 260 g/mol. The first-order valence-corrected chi connectivity index (χ1v) is 6.87. The first kappa shape index (κ1) is 14.8. The number of nitrogens with one attached hydrogen (secondary N) is 1. The Balaban J connectivity index is 2.12. The molecule has 0 aliphatic rings. The minimum absolute atomic E-state index is 0.0540. The van der Waals surface area contributed by atoms with Crippen molar-refractivity contribution in [3.05, 3.63) is 65.7 Å². The topological polar surface area (TPSA) is 52.9 Å². The van der Waals surface area contributed by atoms with Crippen molar-refractivity contribution in [1.29, 1.82) is 5.26 Å². The highest BCUT2D eigenvalue weighted by Gasteiger charge is 2.29. The van der Waals surface area contributed by atoms with Crippen molar-refractivity contribution in [2.75, 3.05) is 5.32 Å². The van der Waals surface area contributed by atoms with Crippen molar-refractivity contribution < 1.29 is 4.79 Å². The number of hydrogen-bond donors (Lipinski definition) is 1. The molecule has 0 bridgehead atoms. The van der Waals surface area contributed by atoms with Gasteiger partial charge in [0.15, 0.2) is 0 Å². The summed E-state index contributed by atoms with van der Waals surface area (Å²) in [6, 6.07) is 19.2. The maximum Gasteiger partial charge on any atom is 0.234 e. The molecule has 0 radical (unpaired) electrons. The first-order valence-electron chi connectivity index (χ1n) is 6.87. The van der Waals surface area contributed by atoms with E-state index in [4.69, 9.17) is 5.26 Å². The molecule has 2 aromatic rings. The lowest BCUT2D eigenvalue weighted by molar-refractivity contribution is -0.120. The number of benzene rings is 2. The summed E-state index contributed by atoms with van der Waals surface area (Å²) in [5.74, 6) is -0.0540. The second-order valence-corrected chi connectivity index (χ2v) is 5.48. The monoisotopic (exact) mass is 278 g/mol. The van der Waals surface area contributed by atoms with E-state index in [1.165, 1.54) is 0 Å². The third-order valence-electron chi connectivity index (χ3n) is 3.56. The molecule has 0 fully saturated rings. The van der Waals surface area contributed by atoms with Gasteiger partial charge in [-0.2, -0.15) is 5.26 Å². The number of anilines is 1. The lowest BCUT2D eigenvalue weighted by Crippen LogP contribution is -2.34. The highest BCUT2D eigenvalue weighted by molar-refractivity contribution is 5.98. The van der Waals surface area contributed by atoms with Gasteiger partial charge in [0, 0.05) is 5.69 Å². The molecule has 0 atom stereocenters. The van der Waals surface area contributed by atoms with Crippen LogP contribution in [0.3, 0.4) is 0 Å². The smallest absolute Gasteiger partial charge is 0.234 e. The highest BCUT2D eigenvalue weighted by Crippen LogP contribution is 2.25. The van der Waals surface area contributed by atoms with Crippen LogP contribution in [0.5, 0.6) is 0 Å². The van der Waals surface area contributed by atoms with Gasteiger partial charge in [-0.15, -0.1) is 0 Å². The molecule has 0 unspecified atom stereocenters. The fraction of sp³-hybridized carbons (Fsp3) is 0.222. The zero-order valence-corrected chi connectivity index (χ0v) is 12.3. The van der Waals surface area contributed by atoms with Crippen LogP contribution in [-0.4, -0.2) is 5.91 Å². The number of rotatable bonds is 4. The second kappa shape index (κ2) is 6.23. The van der Waals surface area contributed by atoms with Gasteiger partial charge in [-0.05, 0) is 37.1 Å². The van der Waals surface area contributed by atoms with Crippen molar-refractivity contribution >= 4 is 11.6 Å².